The molecule has 1 heterocycles. The van der Waals surface area contributed by atoms with Gasteiger partial charge >= 0.3 is 5.97 Å². The summed E-state index contributed by atoms with van der Waals surface area (Å²) in [6, 6.07) is 0. The SMILES string of the molecule is C[C@H]1C[C@@H](O)[C@@]2(C)C(C(=O)O)=CCC[C@@H]2[C@@]1(C)CCC1=CCNC1=O. The molecule has 0 radical (unpaired) electrons. The topological polar surface area (TPSA) is 86.6 Å². The zero-order chi connectivity index (χ0) is 18.4. The van der Waals surface area contributed by atoms with Crippen LogP contribution in [0.25, 0.3) is 0 Å². The molecule has 0 aromatic rings. The van der Waals surface area contributed by atoms with E-state index in [4.69, 9.17) is 0 Å². The minimum absolute atomic E-state index is 0.0182. The maximum atomic E-state index is 11.9. The van der Waals surface area contributed by atoms with Crippen LogP contribution < -0.4 is 5.32 Å². The largest absolute Gasteiger partial charge is 0.478 e. The van der Waals surface area contributed by atoms with Crippen LogP contribution in [-0.4, -0.2) is 34.7 Å². The van der Waals surface area contributed by atoms with Gasteiger partial charge in [0.2, 0.25) is 5.91 Å². The van der Waals surface area contributed by atoms with Crippen molar-refractivity contribution in [1.29, 1.82) is 0 Å². The average molecular weight is 347 g/mol. The summed E-state index contributed by atoms with van der Waals surface area (Å²) in [5, 5.41) is 23.3. The van der Waals surface area contributed by atoms with Gasteiger partial charge in [0.25, 0.3) is 0 Å². The number of amides is 1. The minimum Gasteiger partial charge on any atom is -0.478 e. The number of hydrogen-bond acceptors (Lipinski definition) is 3. The number of aliphatic hydroxyl groups is 1. The quantitative estimate of drug-likeness (QED) is 0.730. The lowest BCUT2D eigenvalue weighted by molar-refractivity contribution is -0.148. The number of carboxylic acid groups (broad SMARTS) is 1. The standard InChI is InChI=1S/C20H29NO4/c1-12-11-16(22)20(3)14(18(24)25)5-4-6-15(20)19(12,2)9-7-13-8-10-21-17(13)23/h5,8,12,15-16,22H,4,6-7,9-11H2,1-3H3,(H,21,23)(H,24,25)/t12-,15+,16+,19-,20-/m0/s1. The zero-order valence-corrected chi connectivity index (χ0v) is 15.3. The number of carbonyl (C=O) groups excluding carboxylic acids is 1. The fourth-order valence-corrected chi connectivity index (χ4v) is 5.55. The van der Waals surface area contributed by atoms with Crippen LogP contribution in [0, 0.1) is 22.7 Å². The van der Waals surface area contributed by atoms with Gasteiger partial charge < -0.3 is 15.5 Å². The predicted molar refractivity (Wildman–Crippen MR) is 94.8 cm³/mol. The molecule has 1 amide bonds. The van der Waals surface area contributed by atoms with E-state index in [9.17, 15) is 19.8 Å². The lowest BCUT2D eigenvalue weighted by Crippen LogP contribution is -2.57. The maximum Gasteiger partial charge on any atom is 0.331 e. The maximum absolute atomic E-state index is 11.9. The van der Waals surface area contributed by atoms with Crippen LogP contribution in [0.3, 0.4) is 0 Å². The molecule has 0 saturated heterocycles. The van der Waals surface area contributed by atoms with E-state index in [-0.39, 0.29) is 23.2 Å². The molecule has 2 aliphatic carbocycles. The average Bonchev–Trinajstić information content (AvgIpc) is 2.96. The van der Waals surface area contributed by atoms with Crippen LogP contribution in [0.15, 0.2) is 23.3 Å². The summed E-state index contributed by atoms with van der Waals surface area (Å²) in [6.07, 6.45) is 6.88. The highest BCUT2D eigenvalue weighted by atomic mass is 16.4. The van der Waals surface area contributed by atoms with E-state index in [2.05, 4.69) is 19.2 Å². The fraction of sp³-hybridized carbons (Fsp3) is 0.700. The number of aliphatic carboxylic acids is 1. The lowest BCUT2D eigenvalue weighted by atomic mass is 9.45. The van der Waals surface area contributed by atoms with E-state index in [1.165, 1.54) is 0 Å². The Labute approximate surface area is 149 Å². The van der Waals surface area contributed by atoms with Gasteiger partial charge in [0.15, 0.2) is 0 Å². The monoisotopic (exact) mass is 347 g/mol. The fourth-order valence-electron chi connectivity index (χ4n) is 5.55. The number of allylic oxidation sites excluding steroid dienone is 1. The summed E-state index contributed by atoms with van der Waals surface area (Å²) in [6.45, 7) is 6.91. The molecule has 138 valence electrons. The Bertz CT molecular complexity index is 652. The number of aliphatic hydroxyl groups excluding tert-OH is 1. The molecular formula is C20H29NO4. The van der Waals surface area contributed by atoms with Crippen molar-refractivity contribution in [2.24, 2.45) is 22.7 Å². The lowest BCUT2D eigenvalue weighted by Gasteiger charge is -2.59. The minimum atomic E-state index is -0.916. The molecule has 0 unspecified atom stereocenters. The molecule has 0 spiro atoms. The van der Waals surface area contributed by atoms with E-state index in [0.29, 0.717) is 25.0 Å². The van der Waals surface area contributed by atoms with Crippen molar-refractivity contribution in [1.82, 2.24) is 5.32 Å². The molecule has 5 nitrogen and oxygen atoms in total. The number of carboxylic acids is 1. The molecule has 3 aliphatic rings. The van der Waals surface area contributed by atoms with Crippen LogP contribution in [0.5, 0.6) is 0 Å². The normalized spacial score (nSPS) is 40.8. The Morgan fingerprint density at radius 1 is 1.36 bits per heavy atom. The van der Waals surface area contributed by atoms with E-state index in [1.54, 1.807) is 6.08 Å². The summed E-state index contributed by atoms with van der Waals surface area (Å²) in [5.74, 6) is -0.524. The van der Waals surface area contributed by atoms with E-state index in [0.717, 1.165) is 24.8 Å². The van der Waals surface area contributed by atoms with Crippen molar-refractivity contribution >= 4 is 11.9 Å². The number of hydrogen-bond donors (Lipinski definition) is 3. The van der Waals surface area contributed by atoms with Crippen LogP contribution in [0.1, 0.15) is 52.9 Å². The first kappa shape index (κ1) is 18.2. The molecule has 1 aliphatic heterocycles. The highest BCUT2D eigenvalue weighted by molar-refractivity contribution is 5.95. The van der Waals surface area contributed by atoms with E-state index in [1.807, 2.05) is 13.0 Å². The molecule has 5 heteroatoms. The van der Waals surface area contributed by atoms with Crippen molar-refractivity contribution in [3.63, 3.8) is 0 Å². The molecule has 25 heavy (non-hydrogen) atoms. The van der Waals surface area contributed by atoms with Crippen molar-refractivity contribution in [3.8, 4) is 0 Å². The van der Waals surface area contributed by atoms with Crippen LogP contribution in [-0.2, 0) is 9.59 Å². The van der Waals surface area contributed by atoms with Crippen LogP contribution in [0.4, 0.5) is 0 Å². The molecule has 1 saturated carbocycles. The summed E-state index contributed by atoms with van der Waals surface area (Å²) < 4.78 is 0. The second-order valence-electron chi connectivity index (χ2n) is 8.43. The molecule has 5 atom stereocenters. The Kier molecular flexibility index (Phi) is 4.56. The third kappa shape index (κ3) is 2.73. The van der Waals surface area contributed by atoms with E-state index < -0.39 is 17.5 Å². The van der Waals surface area contributed by atoms with Gasteiger partial charge in [0.05, 0.1) is 6.10 Å². The second-order valence-corrected chi connectivity index (χ2v) is 8.43. The van der Waals surface area contributed by atoms with Gasteiger partial charge in [-0.1, -0.05) is 32.9 Å². The Hall–Kier alpha value is -1.62. The highest BCUT2D eigenvalue weighted by Gasteiger charge is 2.59. The third-order valence-electron chi connectivity index (χ3n) is 7.37. The van der Waals surface area contributed by atoms with Gasteiger partial charge in [-0.15, -0.1) is 0 Å². The first-order valence-electron chi connectivity index (χ1n) is 9.30. The predicted octanol–water partition coefficient (Wildman–Crippen LogP) is 2.66. The Morgan fingerprint density at radius 2 is 2.08 bits per heavy atom. The summed E-state index contributed by atoms with van der Waals surface area (Å²) >= 11 is 0. The number of nitrogens with one attached hydrogen (secondary N) is 1. The van der Waals surface area contributed by atoms with Crippen molar-refractivity contribution in [3.05, 3.63) is 23.3 Å². The van der Waals surface area contributed by atoms with Crippen LogP contribution in [0.2, 0.25) is 0 Å². The first-order valence-corrected chi connectivity index (χ1v) is 9.30. The number of fused-ring (bicyclic) bond motifs is 1. The smallest absolute Gasteiger partial charge is 0.331 e. The van der Waals surface area contributed by atoms with Gasteiger partial charge in [-0.25, -0.2) is 4.79 Å². The van der Waals surface area contributed by atoms with Gasteiger partial charge in [-0.2, -0.15) is 0 Å². The molecule has 1 fully saturated rings. The van der Waals surface area contributed by atoms with E-state index >= 15 is 0 Å². The third-order valence-corrected chi connectivity index (χ3v) is 7.37. The molecule has 3 N–H and O–H groups in total. The molecule has 3 rings (SSSR count). The summed E-state index contributed by atoms with van der Waals surface area (Å²) in [7, 11) is 0. The summed E-state index contributed by atoms with van der Waals surface area (Å²) in [4.78, 5) is 23.7. The highest BCUT2D eigenvalue weighted by Crippen LogP contribution is 2.62. The van der Waals surface area contributed by atoms with Crippen molar-refractivity contribution in [2.75, 3.05) is 6.54 Å². The Balaban J connectivity index is 1.92. The Morgan fingerprint density at radius 3 is 2.68 bits per heavy atom. The molecule has 0 aromatic heterocycles. The molecule has 0 aromatic carbocycles. The van der Waals surface area contributed by atoms with Gasteiger partial charge in [0, 0.05) is 23.1 Å². The molecular weight excluding hydrogens is 318 g/mol. The van der Waals surface area contributed by atoms with Crippen LogP contribution >= 0.6 is 0 Å². The summed E-state index contributed by atoms with van der Waals surface area (Å²) in [5.41, 5.74) is 0.378. The van der Waals surface area contributed by atoms with Gasteiger partial charge in [-0.05, 0) is 49.4 Å². The number of rotatable bonds is 4. The van der Waals surface area contributed by atoms with Crippen molar-refractivity contribution in [2.45, 2.75) is 59.0 Å². The van der Waals surface area contributed by atoms with Gasteiger partial charge in [0.1, 0.15) is 0 Å². The zero-order valence-electron chi connectivity index (χ0n) is 15.3. The van der Waals surface area contributed by atoms with Gasteiger partial charge in [-0.3, -0.25) is 4.79 Å². The second kappa shape index (κ2) is 6.27. The van der Waals surface area contributed by atoms with Crippen molar-refractivity contribution < 1.29 is 19.8 Å². The molecule has 0 bridgehead atoms. The first-order chi connectivity index (χ1) is 11.7. The number of carbonyl (C=O) groups is 2.